The molecule has 0 spiro atoms. The summed E-state index contributed by atoms with van der Waals surface area (Å²) in [5.41, 5.74) is 1.26. The van der Waals surface area contributed by atoms with Crippen molar-refractivity contribution >= 4 is 0 Å². The molecule has 1 aromatic rings. The second kappa shape index (κ2) is 8.01. The first-order chi connectivity index (χ1) is 11.0. The van der Waals surface area contributed by atoms with Gasteiger partial charge in [-0.3, -0.25) is 0 Å². The van der Waals surface area contributed by atoms with Gasteiger partial charge in [-0.25, -0.2) is 0 Å². The minimum atomic E-state index is -1.30. The quantitative estimate of drug-likeness (QED) is 0.393. The summed E-state index contributed by atoms with van der Waals surface area (Å²) in [5, 5.41) is 52.9. The van der Waals surface area contributed by atoms with Crippen molar-refractivity contribution in [1.29, 1.82) is 0 Å². The zero-order valence-electron chi connectivity index (χ0n) is 13.1. The van der Waals surface area contributed by atoms with E-state index >= 15 is 0 Å². The summed E-state index contributed by atoms with van der Waals surface area (Å²) in [6.45, 7) is 1.51. The summed E-state index contributed by atoms with van der Waals surface area (Å²) in [6, 6.07) is 7.52. The molecule has 2 rings (SSSR count). The van der Waals surface area contributed by atoms with E-state index in [-0.39, 0.29) is 6.61 Å². The number of rotatable bonds is 6. The van der Waals surface area contributed by atoms with E-state index in [9.17, 15) is 25.5 Å². The van der Waals surface area contributed by atoms with Gasteiger partial charge in [0, 0.05) is 0 Å². The van der Waals surface area contributed by atoms with Gasteiger partial charge in [0.1, 0.15) is 18.3 Å². The third kappa shape index (κ3) is 3.98. The number of aliphatic hydroxyl groups is 5. The maximum Gasteiger partial charge on any atom is 0.111 e. The van der Waals surface area contributed by atoms with E-state index in [0.717, 1.165) is 0 Å². The first kappa shape index (κ1) is 18.1. The Morgan fingerprint density at radius 1 is 1.09 bits per heavy atom. The van der Waals surface area contributed by atoms with Gasteiger partial charge in [0.05, 0.1) is 24.8 Å². The van der Waals surface area contributed by atoms with Crippen LogP contribution in [0.3, 0.4) is 0 Å². The molecule has 0 heterocycles. The maximum absolute atomic E-state index is 10.4. The molecular formula is C17H25NO5. The molecule has 0 radical (unpaired) electrons. The molecule has 0 aromatic heterocycles. The van der Waals surface area contributed by atoms with Crippen molar-refractivity contribution in [1.82, 2.24) is 5.32 Å². The second-order valence-corrected chi connectivity index (χ2v) is 5.86. The van der Waals surface area contributed by atoms with E-state index in [0.29, 0.717) is 17.6 Å². The van der Waals surface area contributed by atoms with Crippen molar-refractivity contribution in [2.24, 2.45) is 0 Å². The zero-order chi connectivity index (χ0) is 17.0. The predicted molar refractivity (Wildman–Crippen MR) is 85.6 cm³/mol. The Morgan fingerprint density at radius 2 is 1.74 bits per heavy atom. The second-order valence-electron chi connectivity index (χ2n) is 5.86. The lowest BCUT2D eigenvalue weighted by Crippen LogP contribution is -2.57. The van der Waals surface area contributed by atoms with Gasteiger partial charge in [0.25, 0.3) is 0 Å². The molecule has 6 atom stereocenters. The molecule has 0 amide bonds. The molecule has 6 unspecified atom stereocenters. The Labute approximate surface area is 135 Å². The topological polar surface area (TPSA) is 113 Å². The van der Waals surface area contributed by atoms with Crippen LogP contribution in [-0.4, -0.2) is 62.5 Å². The van der Waals surface area contributed by atoms with Gasteiger partial charge >= 0.3 is 0 Å². The zero-order valence-corrected chi connectivity index (χ0v) is 13.1. The summed E-state index contributed by atoms with van der Waals surface area (Å²) < 4.78 is 0. The van der Waals surface area contributed by atoms with Crippen LogP contribution in [0.4, 0.5) is 0 Å². The molecule has 0 aliphatic heterocycles. The fourth-order valence-corrected chi connectivity index (χ4v) is 2.89. The van der Waals surface area contributed by atoms with Crippen molar-refractivity contribution < 1.29 is 25.5 Å². The normalized spacial score (nSPS) is 30.6. The van der Waals surface area contributed by atoms with E-state index in [4.69, 9.17) is 0 Å². The van der Waals surface area contributed by atoms with Gasteiger partial charge in [0.15, 0.2) is 0 Å². The monoisotopic (exact) mass is 323 g/mol. The van der Waals surface area contributed by atoms with Crippen molar-refractivity contribution in [2.45, 2.75) is 49.8 Å². The summed E-state index contributed by atoms with van der Waals surface area (Å²) in [5.74, 6) is 0. The number of hydrogen-bond acceptors (Lipinski definition) is 6. The van der Waals surface area contributed by atoms with Crippen LogP contribution < -0.4 is 5.32 Å². The highest BCUT2D eigenvalue weighted by atomic mass is 16.4. The molecule has 6 heteroatoms. The van der Waals surface area contributed by atoms with Crippen molar-refractivity contribution in [2.75, 3.05) is 6.61 Å². The standard InChI is InChI=1S/C17H25NO5/c1-2-10-8-12(16(22)17(23)15(10)21)18-13(9-19)14(20)11-6-4-3-5-7-11/h3-8,12-23H,2,9H2,1H3. The molecule has 1 aliphatic rings. The fourth-order valence-electron chi connectivity index (χ4n) is 2.89. The highest BCUT2D eigenvalue weighted by Crippen LogP contribution is 2.24. The molecule has 0 saturated heterocycles. The Kier molecular flexibility index (Phi) is 6.29. The minimum Gasteiger partial charge on any atom is -0.395 e. The summed E-state index contributed by atoms with van der Waals surface area (Å²) >= 11 is 0. The Bertz CT molecular complexity index is 521. The molecule has 0 bridgehead atoms. The van der Waals surface area contributed by atoms with Gasteiger partial charge in [-0.15, -0.1) is 0 Å². The van der Waals surface area contributed by atoms with Gasteiger partial charge in [-0.1, -0.05) is 43.3 Å². The number of aliphatic hydroxyl groups excluding tert-OH is 5. The SMILES string of the molecule is CCC1=CC(NC(CO)C(O)c2ccccc2)C(O)C(O)C1O. The molecule has 1 aromatic carbocycles. The van der Waals surface area contributed by atoms with Crippen LogP contribution in [0.2, 0.25) is 0 Å². The minimum absolute atomic E-state index is 0.340. The van der Waals surface area contributed by atoms with E-state index < -0.39 is 36.5 Å². The molecule has 128 valence electrons. The molecule has 6 nitrogen and oxygen atoms in total. The first-order valence-electron chi connectivity index (χ1n) is 7.84. The third-order valence-electron chi connectivity index (χ3n) is 4.35. The lowest BCUT2D eigenvalue weighted by atomic mass is 9.86. The maximum atomic E-state index is 10.4. The Hall–Kier alpha value is -1.28. The van der Waals surface area contributed by atoms with Gasteiger partial charge < -0.3 is 30.8 Å². The molecule has 6 N–H and O–H groups in total. The van der Waals surface area contributed by atoms with E-state index in [2.05, 4.69) is 5.32 Å². The van der Waals surface area contributed by atoms with Gasteiger partial charge in [-0.05, 0) is 17.6 Å². The number of benzene rings is 1. The fraction of sp³-hybridized carbons (Fsp3) is 0.529. The van der Waals surface area contributed by atoms with E-state index in [1.54, 1.807) is 30.3 Å². The summed E-state index contributed by atoms with van der Waals surface area (Å²) in [7, 11) is 0. The smallest absolute Gasteiger partial charge is 0.111 e. The van der Waals surface area contributed by atoms with Crippen LogP contribution in [0.5, 0.6) is 0 Å². The van der Waals surface area contributed by atoms with Gasteiger partial charge in [-0.2, -0.15) is 0 Å². The molecular weight excluding hydrogens is 298 g/mol. The van der Waals surface area contributed by atoms with Crippen LogP contribution in [0.15, 0.2) is 42.0 Å². The predicted octanol–water partition coefficient (Wildman–Crippen LogP) is -0.528. The molecule has 1 aliphatic carbocycles. The van der Waals surface area contributed by atoms with Crippen LogP contribution in [-0.2, 0) is 0 Å². The molecule has 23 heavy (non-hydrogen) atoms. The van der Waals surface area contributed by atoms with Crippen molar-refractivity contribution in [3.8, 4) is 0 Å². The van der Waals surface area contributed by atoms with Gasteiger partial charge in [0.2, 0.25) is 0 Å². The summed E-state index contributed by atoms with van der Waals surface area (Å²) in [4.78, 5) is 0. The summed E-state index contributed by atoms with van der Waals surface area (Å²) in [6.07, 6.45) is -2.40. The third-order valence-corrected chi connectivity index (χ3v) is 4.35. The van der Waals surface area contributed by atoms with E-state index in [1.807, 2.05) is 13.0 Å². The average molecular weight is 323 g/mol. The lowest BCUT2D eigenvalue weighted by molar-refractivity contribution is -0.0666. The highest BCUT2D eigenvalue weighted by Gasteiger charge is 2.38. The molecule has 0 saturated carbocycles. The Balaban J connectivity index is 2.16. The van der Waals surface area contributed by atoms with Crippen LogP contribution in [0.25, 0.3) is 0 Å². The van der Waals surface area contributed by atoms with Crippen molar-refractivity contribution in [3.63, 3.8) is 0 Å². The van der Waals surface area contributed by atoms with E-state index in [1.165, 1.54) is 0 Å². The Morgan fingerprint density at radius 3 is 2.30 bits per heavy atom. The van der Waals surface area contributed by atoms with Crippen LogP contribution >= 0.6 is 0 Å². The first-order valence-corrected chi connectivity index (χ1v) is 7.84. The van der Waals surface area contributed by atoms with Crippen LogP contribution in [0, 0.1) is 0 Å². The highest BCUT2D eigenvalue weighted by molar-refractivity contribution is 5.23. The molecule has 0 fully saturated rings. The largest absolute Gasteiger partial charge is 0.395 e. The average Bonchev–Trinajstić information content (AvgIpc) is 2.59. The number of nitrogens with one attached hydrogen (secondary N) is 1. The number of hydrogen-bond donors (Lipinski definition) is 6. The van der Waals surface area contributed by atoms with Crippen LogP contribution in [0.1, 0.15) is 25.0 Å². The lowest BCUT2D eigenvalue weighted by Gasteiger charge is -2.37. The van der Waals surface area contributed by atoms with Crippen molar-refractivity contribution in [3.05, 3.63) is 47.5 Å².